The van der Waals surface area contributed by atoms with E-state index in [-0.39, 0.29) is 22.3 Å². The fourth-order valence-electron chi connectivity index (χ4n) is 2.97. The first-order chi connectivity index (χ1) is 12.5. The molecule has 6 nitrogen and oxygen atoms in total. The summed E-state index contributed by atoms with van der Waals surface area (Å²) < 4.78 is 11.1. The Hall–Kier alpha value is -1.53. The molecule has 2 N–H and O–H groups in total. The van der Waals surface area contributed by atoms with E-state index >= 15 is 0 Å². The van der Waals surface area contributed by atoms with E-state index in [0.717, 1.165) is 38.9 Å². The number of hydrogen-bond acceptors (Lipinski definition) is 6. The Bertz CT molecular complexity index is 590. The van der Waals surface area contributed by atoms with Crippen LogP contribution in [0.1, 0.15) is 56.3 Å². The molecule has 0 bridgehead atoms. The first-order valence-electron chi connectivity index (χ1n) is 9.53. The number of likely N-dealkylation sites (tertiary alicyclic amines) is 1. The number of carbonyl (C=O) groups excluding carboxylic acids is 1. The molecule has 0 atom stereocenters. The van der Waals surface area contributed by atoms with Gasteiger partial charge in [0.2, 0.25) is 5.88 Å². The van der Waals surface area contributed by atoms with Gasteiger partial charge < -0.3 is 20.1 Å². The molecule has 146 valence electrons. The number of piperidine rings is 1. The number of carbonyl (C=O) groups is 1. The summed E-state index contributed by atoms with van der Waals surface area (Å²) in [5.74, 6) is 0.273. The van der Waals surface area contributed by atoms with Crippen molar-refractivity contribution in [2.45, 2.75) is 46.0 Å². The third-order valence-electron chi connectivity index (χ3n) is 4.62. The summed E-state index contributed by atoms with van der Waals surface area (Å²) in [5.41, 5.74) is 5.95. The third-order valence-corrected chi connectivity index (χ3v) is 4.92. The number of pyridine rings is 1. The van der Waals surface area contributed by atoms with Crippen LogP contribution in [0.2, 0.25) is 5.02 Å². The van der Waals surface area contributed by atoms with Crippen LogP contribution in [-0.4, -0.2) is 48.7 Å². The van der Waals surface area contributed by atoms with Gasteiger partial charge in [0.1, 0.15) is 11.4 Å². The maximum Gasteiger partial charge on any atom is 0.343 e. The Labute approximate surface area is 161 Å². The average Bonchev–Trinajstić information content (AvgIpc) is 2.65. The lowest BCUT2D eigenvalue weighted by molar-refractivity contribution is 0.0367. The second-order valence-electron chi connectivity index (χ2n) is 6.79. The van der Waals surface area contributed by atoms with Gasteiger partial charge in [-0.15, -0.1) is 0 Å². The van der Waals surface area contributed by atoms with Crippen LogP contribution in [0.5, 0.6) is 5.88 Å². The number of unbranched alkanes of at least 4 members (excludes halogenated alkanes) is 1. The fraction of sp³-hybridized carbons (Fsp3) is 0.684. The molecule has 1 aliphatic heterocycles. The largest absolute Gasteiger partial charge is 0.477 e. The minimum absolute atomic E-state index is 0.147. The molecule has 1 fully saturated rings. The van der Waals surface area contributed by atoms with Crippen molar-refractivity contribution >= 4 is 23.4 Å². The van der Waals surface area contributed by atoms with Gasteiger partial charge in [0, 0.05) is 0 Å². The zero-order valence-electron chi connectivity index (χ0n) is 15.8. The molecule has 1 saturated heterocycles. The number of ether oxygens (including phenoxy) is 2. The average molecular weight is 384 g/mol. The van der Waals surface area contributed by atoms with Crippen molar-refractivity contribution in [1.29, 1.82) is 0 Å². The highest BCUT2D eigenvalue weighted by atomic mass is 35.5. The summed E-state index contributed by atoms with van der Waals surface area (Å²) in [6, 6.07) is 1.48. The van der Waals surface area contributed by atoms with Crippen LogP contribution in [0, 0.1) is 5.92 Å². The molecule has 1 aliphatic rings. The van der Waals surface area contributed by atoms with Crippen LogP contribution >= 0.6 is 11.6 Å². The first-order valence-corrected chi connectivity index (χ1v) is 9.91. The molecule has 26 heavy (non-hydrogen) atoms. The number of nitrogens with zero attached hydrogens (tertiary/aromatic N) is 2. The van der Waals surface area contributed by atoms with Gasteiger partial charge in [-0.1, -0.05) is 31.9 Å². The highest BCUT2D eigenvalue weighted by molar-refractivity contribution is 6.33. The van der Waals surface area contributed by atoms with Gasteiger partial charge in [0.05, 0.1) is 18.2 Å². The third kappa shape index (κ3) is 6.02. The van der Waals surface area contributed by atoms with Crippen molar-refractivity contribution in [3.05, 3.63) is 16.7 Å². The molecule has 2 rings (SSSR count). The van der Waals surface area contributed by atoms with E-state index in [1.165, 1.54) is 18.9 Å². The van der Waals surface area contributed by atoms with Crippen LogP contribution < -0.4 is 10.5 Å². The highest BCUT2D eigenvalue weighted by Gasteiger charge is 2.23. The van der Waals surface area contributed by atoms with E-state index in [1.54, 1.807) is 0 Å². The smallest absolute Gasteiger partial charge is 0.343 e. The van der Waals surface area contributed by atoms with Crippen molar-refractivity contribution in [2.24, 2.45) is 5.92 Å². The molecule has 1 aromatic heterocycles. The minimum Gasteiger partial charge on any atom is -0.477 e. The van der Waals surface area contributed by atoms with Crippen LogP contribution in [0.4, 0.5) is 5.82 Å². The van der Waals surface area contributed by atoms with Gasteiger partial charge in [0.25, 0.3) is 0 Å². The Morgan fingerprint density at radius 2 is 2.08 bits per heavy atom. The normalized spacial score (nSPS) is 15.8. The molecule has 0 spiro atoms. The standard InChI is InChI=1S/C19H30ClN3O3/c1-3-5-8-23-9-6-14(7-10-23)13-26-19(24)15-12-16(20)17(21)22-18(15)25-11-4-2/h12,14H,3-11,13H2,1-2H3,(H2,21,22). The van der Waals surface area contributed by atoms with E-state index in [0.29, 0.717) is 19.1 Å². The maximum atomic E-state index is 12.5. The lowest BCUT2D eigenvalue weighted by atomic mass is 9.97. The molecular formula is C19H30ClN3O3. The van der Waals surface area contributed by atoms with Gasteiger partial charge in [-0.2, -0.15) is 4.98 Å². The molecule has 0 saturated carbocycles. The molecular weight excluding hydrogens is 354 g/mol. The number of hydrogen-bond donors (Lipinski definition) is 1. The number of aromatic nitrogens is 1. The van der Waals surface area contributed by atoms with Crippen LogP contribution in [0.25, 0.3) is 0 Å². The monoisotopic (exact) mass is 383 g/mol. The van der Waals surface area contributed by atoms with Crippen LogP contribution in [0.15, 0.2) is 6.07 Å². The number of nitrogens with two attached hydrogens (primary N) is 1. The van der Waals surface area contributed by atoms with Crippen molar-refractivity contribution < 1.29 is 14.3 Å². The number of halogens is 1. The Morgan fingerprint density at radius 3 is 2.73 bits per heavy atom. The van der Waals surface area contributed by atoms with Crippen LogP contribution in [0.3, 0.4) is 0 Å². The summed E-state index contributed by atoms with van der Waals surface area (Å²) in [7, 11) is 0. The van der Waals surface area contributed by atoms with E-state index < -0.39 is 5.97 Å². The fourth-order valence-corrected chi connectivity index (χ4v) is 3.12. The lowest BCUT2D eigenvalue weighted by Crippen LogP contribution is -2.36. The second kappa shape index (κ2) is 10.6. The minimum atomic E-state index is -0.459. The van der Waals surface area contributed by atoms with Crippen LogP contribution in [-0.2, 0) is 4.74 Å². The first kappa shape index (κ1) is 20.8. The van der Waals surface area contributed by atoms with E-state index in [9.17, 15) is 4.79 Å². The topological polar surface area (TPSA) is 77.7 Å². The van der Waals surface area contributed by atoms with Gasteiger partial charge in [-0.05, 0) is 57.3 Å². The van der Waals surface area contributed by atoms with Crippen molar-refractivity contribution in [1.82, 2.24) is 9.88 Å². The van der Waals surface area contributed by atoms with Gasteiger partial charge in [-0.3, -0.25) is 0 Å². The van der Waals surface area contributed by atoms with Crippen molar-refractivity contribution in [2.75, 3.05) is 38.6 Å². The quantitative estimate of drug-likeness (QED) is 0.654. The predicted octanol–water partition coefficient (Wildman–Crippen LogP) is 3.77. The van der Waals surface area contributed by atoms with Gasteiger partial charge in [-0.25, -0.2) is 4.79 Å². The summed E-state index contributed by atoms with van der Waals surface area (Å²) >= 11 is 6.01. The molecule has 0 amide bonds. The Morgan fingerprint density at radius 1 is 1.35 bits per heavy atom. The summed E-state index contributed by atoms with van der Waals surface area (Å²) in [6.45, 7) is 8.36. The zero-order chi connectivity index (χ0) is 18.9. The highest BCUT2D eigenvalue weighted by Crippen LogP contribution is 2.27. The number of rotatable bonds is 9. The molecule has 0 radical (unpaired) electrons. The molecule has 0 aromatic carbocycles. The van der Waals surface area contributed by atoms with Gasteiger partial charge >= 0.3 is 5.97 Å². The van der Waals surface area contributed by atoms with E-state index in [1.807, 2.05) is 6.92 Å². The second-order valence-corrected chi connectivity index (χ2v) is 7.20. The molecule has 1 aromatic rings. The SMILES string of the molecule is CCCCN1CCC(COC(=O)c2cc(Cl)c(N)nc2OCCC)CC1. The van der Waals surface area contributed by atoms with Crippen molar-refractivity contribution in [3.8, 4) is 5.88 Å². The van der Waals surface area contributed by atoms with E-state index in [2.05, 4.69) is 16.8 Å². The van der Waals surface area contributed by atoms with E-state index in [4.69, 9.17) is 26.8 Å². The van der Waals surface area contributed by atoms with Gasteiger partial charge in [0.15, 0.2) is 0 Å². The number of anilines is 1. The molecule has 7 heteroatoms. The summed E-state index contributed by atoms with van der Waals surface area (Å²) in [5, 5.41) is 0.227. The summed E-state index contributed by atoms with van der Waals surface area (Å²) in [4.78, 5) is 19.1. The zero-order valence-corrected chi connectivity index (χ0v) is 16.6. The summed E-state index contributed by atoms with van der Waals surface area (Å²) in [6.07, 6.45) is 5.37. The van der Waals surface area contributed by atoms with Crippen molar-refractivity contribution in [3.63, 3.8) is 0 Å². The number of nitrogen functional groups attached to an aromatic ring is 1. The molecule has 0 aliphatic carbocycles. The molecule has 0 unspecified atom stereocenters. The Balaban J connectivity index is 1.89. The Kier molecular flexibility index (Phi) is 8.45. The maximum absolute atomic E-state index is 12.5. The predicted molar refractivity (Wildman–Crippen MR) is 104 cm³/mol. The number of esters is 1. The molecule has 2 heterocycles. The lowest BCUT2D eigenvalue weighted by Gasteiger charge is -2.31.